The number of carboxylic acid groups (broad SMARTS) is 1. The number of carbonyl (C=O) groups is 2. The van der Waals surface area contributed by atoms with Crippen LogP contribution in [-0.2, 0) is 11.8 Å². The summed E-state index contributed by atoms with van der Waals surface area (Å²) in [5.74, 6) is 0.523. The van der Waals surface area contributed by atoms with Crippen molar-refractivity contribution in [3.8, 4) is 11.3 Å². The van der Waals surface area contributed by atoms with E-state index in [0.717, 1.165) is 37.2 Å². The number of anilines is 1. The van der Waals surface area contributed by atoms with Crippen molar-refractivity contribution in [2.24, 2.45) is 7.05 Å². The number of aromatic nitrogens is 4. The first-order chi connectivity index (χ1) is 15.0. The number of carbonyl (C=O) groups excluding carboxylic acids is 1. The Labute approximate surface area is 179 Å². The molecule has 2 aliphatic rings. The Bertz CT molecular complexity index is 1060. The molecular weight excluding hydrogens is 400 g/mol. The van der Waals surface area contributed by atoms with Crippen molar-refractivity contribution in [2.45, 2.75) is 31.8 Å². The molecule has 10 heteroatoms. The maximum Gasteiger partial charge on any atom is 0.290 e. The fraction of sp³-hybridized carbons (Fsp3) is 0.381. The standard InChI is InChI=1S/C20H22N6O2.CH2O2/c1-13-15(12-22-24(13)2)19-11-16(23-28-19)20(27)26-10-6-17-18(26)5-9-25(17)14-3-7-21-8-4-14;2-1-3/h3-4,7-8,11-12,17-18H,5-6,9-10H2,1-2H3;1H,(H,2,3)/t17-,18-;/m0./s1. The van der Waals surface area contributed by atoms with Gasteiger partial charge in [0, 0.05) is 50.0 Å². The predicted octanol–water partition coefficient (Wildman–Crippen LogP) is 1.97. The fourth-order valence-corrected chi connectivity index (χ4v) is 4.49. The molecule has 1 N–H and O–H groups in total. The summed E-state index contributed by atoms with van der Waals surface area (Å²) in [4.78, 5) is 29.9. The summed E-state index contributed by atoms with van der Waals surface area (Å²) in [5, 5.41) is 15.2. The van der Waals surface area contributed by atoms with Gasteiger partial charge in [-0.15, -0.1) is 0 Å². The van der Waals surface area contributed by atoms with Gasteiger partial charge in [0.25, 0.3) is 12.4 Å². The Balaban J connectivity index is 0.000000730. The zero-order valence-corrected chi connectivity index (χ0v) is 17.4. The minimum atomic E-state index is -0.250. The molecule has 0 unspecified atom stereocenters. The second-order valence-corrected chi connectivity index (χ2v) is 7.56. The van der Waals surface area contributed by atoms with Gasteiger partial charge in [0.1, 0.15) is 0 Å². The van der Waals surface area contributed by atoms with Crippen LogP contribution in [0.25, 0.3) is 11.3 Å². The van der Waals surface area contributed by atoms with E-state index in [1.165, 1.54) is 5.69 Å². The van der Waals surface area contributed by atoms with Gasteiger partial charge in [-0.3, -0.25) is 19.3 Å². The van der Waals surface area contributed by atoms with E-state index in [2.05, 4.69) is 20.1 Å². The number of hydrogen-bond acceptors (Lipinski definition) is 7. The van der Waals surface area contributed by atoms with Crippen LogP contribution in [0.2, 0.25) is 0 Å². The topological polar surface area (TPSA) is 118 Å². The molecule has 31 heavy (non-hydrogen) atoms. The molecule has 5 rings (SSSR count). The molecule has 2 aliphatic heterocycles. The number of fused-ring (bicyclic) bond motifs is 1. The first kappa shape index (κ1) is 20.6. The van der Waals surface area contributed by atoms with Crippen LogP contribution in [0.3, 0.4) is 0 Å². The third-order valence-corrected chi connectivity index (χ3v) is 6.06. The highest BCUT2D eigenvalue weighted by Crippen LogP contribution is 2.36. The van der Waals surface area contributed by atoms with Gasteiger partial charge in [0.15, 0.2) is 11.5 Å². The minimum absolute atomic E-state index is 0.0550. The molecule has 0 aliphatic carbocycles. The minimum Gasteiger partial charge on any atom is -0.483 e. The Morgan fingerprint density at radius 2 is 1.94 bits per heavy atom. The highest BCUT2D eigenvalue weighted by molar-refractivity contribution is 5.93. The fourth-order valence-electron chi connectivity index (χ4n) is 4.49. The van der Waals surface area contributed by atoms with Crippen LogP contribution < -0.4 is 4.90 Å². The van der Waals surface area contributed by atoms with Gasteiger partial charge in [-0.25, -0.2) is 0 Å². The zero-order valence-electron chi connectivity index (χ0n) is 17.4. The third-order valence-electron chi connectivity index (χ3n) is 6.06. The van der Waals surface area contributed by atoms with E-state index in [1.807, 2.05) is 43.4 Å². The maximum absolute atomic E-state index is 13.1. The van der Waals surface area contributed by atoms with E-state index in [4.69, 9.17) is 14.4 Å². The van der Waals surface area contributed by atoms with Crippen molar-refractivity contribution in [3.05, 3.63) is 48.2 Å². The molecule has 5 heterocycles. The number of rotatable bonds is 3. The maximum atomic E-state index is 13.1. The molecule has 3 aromatic heterocycles. The summed E-state index contributed by atoms with van der Waals surface area (Å²) in [7, 11) is 1.88. The molecule has 3 aromatic rings. The molecule has 0 saturated carbocycles. The molecule has 2 fully saturated rings. The van der Waals surface area contributed by atoms with Gasteiger partial charge in [-0.05, 0) is 31.9 Å². The third kappa shape index (κ3) is 3.76. The normalized spacial score (nSPS) is 19.7. The Morgan fingerprint density at radius 3 is 2.61 bits per heavy atom. The Kier molecular flexibility index (Phi) is 5.70. The van der Waals surface area contributed by atoms with Crippen LogP contribution in [0.4, 0.5) is 5.69 Å². The number of hydrogen-bond donors (Lipinski definition) is 1. The van der Waals surface area contributed by atoms with Crippen molar-refractivity contribution < 1.29 is 19.2 Å². The Morgan fingerprint density at radius 1 is 1.23 bits per heavy atom. The average molecular weight is 424 g/mol. The van der Waals surface area contributed by atoms with Crippen molar-refractivity contribution in [1.82, 2.24) is 24.8 Å². The van der Waals surface area contributed by atoms with Crippen molar-refractivity contribution >= 4 is 18.1 Å². The van der Waals surface area contributed by atoms with E-state index in [0.29, 0.717) is 17.5 Å². The van der Waals surface area contributed by atoms with Crippen molar-refractivity contribution in [2.75, 3.05) is 18.0 Å². The molecule has 2 saturated heterocycles. The van der Waals surface area contributed by atoms with Gasteiger partial charge >= 0.3 is 0 Å². The summed E-state index contributed by atoms with van der Waals surface area (Å²) in [5.41, 5.74) is 3.37. The number of likely N-dealkylation sites (tertiary alicyclic amines) is 1. The molecule has 0 aromatic carbocycles. The number of amides is 1. The van der Waals surface area contributed by atoms with Crippen LogP contribution in [0, 0.1) is 6.92 Å². The average Bonchev–Trinajstić information content (AvgIpc) is 3.54. The smallest absolute Gasteiger partial charge is 0.290 e. The number of nitrogens with zero attached hydrogens (tertiary/aromatic N) is 6. The molecular formula is C21H24N6O4. The lowest BCUT2D eigenvalue weighted by atomic mass is 10.1. The van der Waals surface area contributed by atoms with Gasteiger partial charge in [0.2, 0.25) is 0 Å². The van der Waals surface area contributed by atoms with Gasteiger partial charge in [0.05, 0.1) is 23.8 Å². The van der Waals surface area contributed by atoms with Crippen LogP contribution in [0.5, 0.6) is 0 Å². The van der Waals surface area contributed by atoms with Crippen LogP contribution in [-0.4, -0.2) is 67.5 Å². The SMILES string of the molecule is Cc1c(-c2cc(C(=O)N3CC[C@H]4[C@@H]3CCN4c3ccncc3)no2)cnn1C.O=CO. The summed E-state index contributed by atoms with van der Waals surface area (Å²) in [6.45, 7) is 3.40. The van der Waals surface area contributed by atoms with Gasteiger partial charge in [-0.1, -0.05) is 5.16 Å². The van der Waals surface area contributed by atoms with E-state index < -0.39 is 0 Å². The predicted molar refractivity (Wildman–Crippen MR) is 112 cm³/mol. The highest BCUT2D eigenvalue weighted by atomic mass is 16.5. The lowest BCUT2D eigenvalue weighted by Crippen LogP contribution is -2.39. The first-order valence-electron chi connectivity index (χ1n) is 10.1. The molecule has 0 spiro atoms. The monoisotopic (exact) mass is 424 g/mol. The lowest BCUT2D eigenvalue weighted by Gasteiger charge is -2.26. The zero-order chi connectivity index (χ0) is 22.0. The molecule has 1 amide bonds. The Hall–Kier alpha value is -3.69. The molecule has 162 valence electrons. The van der Waals surface area contributed by atoms with E-state index >= 15 is 0 Å². The lowest BCUT2D eigenvalue weighted by molar-refractivity contribution is -0.122. The summed E-state index contributed by atoms with van der Waals surface area (Å²) < 4.78 is 7.23. The van der Waals surface area contributed by atoms with Crippen LogP contribution in [0.1, 0.15) is 29.0 Å². The van der Waals surface area contributed by atoms with Gasteiger partial charge in [-0.2, -0.15) is 5.10 Å². The number of pyridine rings is 1. The van der Waals surface area contributed by atoms with E-state index in [1.54, 1.807) is 16.9 Å². The molecule has 10 nitrogen and oxygen atoms in total. The van der Waals surface area contributed by atoms with Gasteiger partial charge < -0.3 is 19.4 Å². The quantitative estimate of drug-likeness (QED) is 0.634. The highest BCUT2D eigenvalue weighted by Gasteiger charge is 2.45. The van der Waals surface area contributed by atoms with Crippen LogP contribution >= 0.6 is 0 Å². The summed E-state index contributed by atoms with van der Waals surface area (Å²) in [6, 6.07) is 6.36. The van der Waals surface area contributed by atoms with E-state index in [9.17, 15) is 4.79 Å². The van der Waals surface area contributed by atoms with E-state index in [-0.39, 0.29) is 18.4 Å². The molecule has 0 radical (unpaired) electrons. The summed E-state index contributed by atoms with van der Waals surface area (Å²) in [6.07, 6.45) is 7.30. The summed E-state index contributed by atoms with van der Waals surface area (Å²) >= 11 is 0. The molecule has 2 atom stereocenters. The second-order valence-electron chi connectivity index (χ2n) is 7.56. The largest absolute Gasteiger partial charge is 0.483 e. The van der Waals surface area contributed by atoms with Crippen LogP contribution in [0.15, 0.2) is 41.3 Å². The number of aryl methyl sites for hydroxylation is 1. The second kappa shape index (κ2) is 8.58. The molecule has 0 bridgehead atoms. The first-order valence-corrected chi connectivity index (χ1v) is 10.1. The van der Waals surface area contributed by atoms with Crippen molar-refractivity contribution in [3.63, 3.8) is 0 Å². The van der Waals surface area contributed by atoms with Crippen molar-refractivity contribution in [1.29, 1.82) is 0 Å².